The lowest BCUT2D eigenvalue weighted by Gasteiger charge is -2.22. The molecule has 0 saturated carbocycles. The molecular weight excluding hydrogens is 437 g/mol. The van der Waals surface area contributed by atoms with Gasteiger partial charge in [-0.1, -0.05) is 42.5 Å². The highest BCUT2D eigenvalue weighted by Crippen LogP contribution is 2.26. The Bertz CT molecular complexity index is 697. The molecule has 0 radical (unpaired) electrons. The van der Waals surface area contributed by atoms with Crippen molar-refractivity contribution in [3.05, 3.63) is 72.2 Å². The Hall–Kier alpha value is -1.76. The number of halogens is 1. The second-order valence-corrected chi connectivity index (χ2v) is 6.70. The van der Waals surface area contributed by atoms with Gasteiger partial charge >= 0.3 is 0 Å². The molecule has 1 unspecified atom stereocenters. The minimum Gasteiger partial charge on any atom is -0.469 e. The molecule has 4 nitrogen and oxygen atoms in total. The van der Waals surface area contributed by atoms with Gasteiger partial charge in [-0.2, -0.15) is 0 Å². The first-order chi connectivity index (χ1) is 12.2. The van der Waals surface area contributed by atoms with E-state index in [9.17, 15) is 0 Å². The van der Waals surface area contributed by atoms with Gasteiger partial charge in [-0.25, -0.2) is 4.99 Å². The molecule has 2 heterocycles. The maximum atomic E-state index is 5.41. The first-order valence-electron chi connectivity index (χ1n) is 8.97. The van der Waals surface area contributed by atoms with E-state index in [1.807, 2.05) is 19.1 Å². The fraction of sp³-hybridized carbons (Fsp3) is 0.381. The average molecular weight is 465 g/mol. The minimum absolute atomic E-state index is 0. The second kappa shape index (κ2) is 10.4. The molecule has 2 aromatic rings. The molecule has 1 atom stereocenters. The van der Waals surface area contributed by atoms with Crippen LogP contribution in [0.3, 0.4) is 0 Å². The molecule has 0 amide bonds. The molecular formula is C21H28IN3O. The zero-order valence-corrected chi connectivity index (χ0v) is 17.7. The van der Waals surface area contributed by atoms with Crippen LogP contribution in [0.5, 0.6) is 0 Å². The molecule has 1 saturated heterocycles. The predicted molar refractivity (Wildman–Crippen MR) is 118 cm³/mol. The highest BCUT2D eigenvalue weighted by molar-refractivity contribution is 14.0. The fourth-order valence-corrected chi connectivity index (χ4v) is 3.18. The molecule has 1 N–H and O–H groups in total. The highest BCUT2D eigenvalue weighted by Gasteiger charge is 2.26. The average Bonchev–Trinajstić information content (AvgIpc) is 3.30. The smallest absolute Gasteiger partial charge is 0.194 e. The van der Waals surface area contributed by atoms with E-state index in [4.69, 9.17) is 9.41 Å². The van der Waals surface area contributed by atoms with E-state index in [2.05, 4.69) is 47.1 Å². The number of furan rings is 1. The predicted octanol–water partition coefficient (Wildman–Crippen LogP) is 4.45. The van der Waals surface area contributed by atoms with Crippen molar-refractivity contribution in [1.82, 2.24) is 10.2 Å². The standard InChI is InChI=1S/C21H27N3O.HI/c1-17(2)15-23-21(22-12-10-20-9-6-14-25-20)24-13-11-19(16-24)18-7-4-3-5-8-18;/h3-9,14,19H,1,10-13,15-16H2,2H3,(H,22,23);1H. The first kappa shape index (κ1) is 20.6. The molecule has 0 bridgehead atoms. The summed E-state index contributed by atoms with van der Waals surface area (Å²) in [5, 5.41) is 3.50. The third-order valence-corrected chi connectivity index (χ3v) is 4.49. The summed E-state index contributed by atoms with van der Waals surface area (Å²) >= 11 is 0. The van der Waals surface area contributed by atoms with Crippen LogP contribution in [0.25, 0.3) is 0 Å². The van der Waals surface area contributed by atoms with Crippen LogP contribution in [0.15, 0.2) is 70.3 Å². The van der Waals surface area contributed by atoms with Crippen molar-refractivity contribution in [2.24, 2.45) is 4.99 Å². The monoisotopic (exact) mass is 465 g/mol. The zero-order chi connectivity index (χ0) is 17.5. The van der Waals surface area contributed by atoms with Gasteiger partial charge in [0.2, 0.25) is 0 Å². The lowest BCUT2D eigenvalue weighted by Crippen LogP contribution is -2.41. The van der Waals surface area contributed by atoms with Crippen LogP contribution in [0.1, 0.15) is 30.6 Å². The number of nitrogens with zero attached hydrogens (tertiary/aromatic N) is 2. The quantitative estimate of drug-likeness (QED) is 0.297. The van der Waals surface area contributed by atoms with Crippen molar-refractivity contribution in [2.45, 2.75) is 25.7 Å². The Morgan fingerprint density at radius 3 is 2.77 bits per heavy atom. The van der Waals surface area contributed by atoms with Gasteiger partial charge in [0.1, 0.15) is 5.76 Å². The Labute approximate surface area is 173 Å². The van der Waals surface area contributed by atoms with Crippen molar-refractivity contribution < 1.29 is 4.42 Å². The van der Waals surface area contributed by atoms with E-state index < -0.39 is 0 Å². The fourth-order valence-electron chi connectivity index (χ4n) is 3.18. The van der Waals surface area contributed by atoms with Crippen LogP contribution in [0.4, 0.5) is 0 Å². The summed E-state index contributed by atoms with van der Waals surface area (Å²) in [6, 6.07) is 14.7. The van der Waals surface area contributed by atoms with E-state index in [-0.39, 0.29) is 24.0 Å². The van der Waals surface area contributed by atoms with Crippen LogP contribution < -0.4 is 5.32 Å². The lowest BCUT2D eigenvalue weighted by molar-refractivity contribution is 0.476. The van der Waals surface area contributed by atoms with Gasteiger partial charge in [0, 0.05) is 32.0 Å². The van der Waals surface area contributed by atoms with Crippen molar-refractivity contribution in [1.29, 1.82) is 0 Å². The summed E-state index contributed by atoms with van der Waals surface area (Å²) in [7, 11) is 0. The number of likely N-dealkylation sites (tertiary alicyclic amines) is 1. The Morgan fingerprint density at radius 2 is 2.08 bits per heavy atom. The third-order valence-electron chi connectivity index (χ3n) is 4.49. The normalized spacial score (nSPS) is 17.0. The van der Waals surface area contributed by atoms with Gasteiger partial charge < -0.3 is 14.6 Å². The zero-order valence-electron chi connectivity index (χ0n) is 15.4. The first-order valence-corrected chi connectivity index (χ1v) is 8.97. The molecule has 1 fully saturated rings. The Kier molecular flexibility index (Phi) is 8.22. The van der Waals surface area contributed by atoms with E-state index in [1.54, 1.807) is 6.26 Å². The van der Waals surface area contributed by atoms with Gasteiger partial charge in [0.05, 0.1) is 12.8 Å². The molecule has 5 heteroatoms. The van der Waals surface area contributed by atoms with Crippen LogP contribution in [-0.2, 0) is 6.42 Å². The molecule has 1 aliphatic heterocycles. The summed E-state index contributed by atoms with van der Waals surface area (Å²) in [6.45, 7) is 9.50. The Balaban J connectivity index is 0.00000243. The maximum Gasteiger partial charge on any atom is 0.194 e. The lowest BCUT2D eigenvalue weighted by atomic mass is 9.99. The van der Waals surface area contributed by atoms with E-state index in [0.717, 1.165) is 49.8 Å². The molecule has 1 aliphatic rings. The summed E-state index contributed by atoms with van der Waals surface area (Å²) in [4.78, 5) is 7.12. The van der Waals surface area contributed by atoms with Gasteiger partial charge in [-0.05, 0) is 31.0 Å². The van der Waals surface area contributed by atoms with E-state index in [1.165, 1.54) is 5.56 Å². The van der Waals surface area contributed by atoms with Crippen molar-refractivity contribution in [2.75, 3.05) is 26.2 Å². The summed E-state index contributed by atoms with van der Waals surface area (Å²) in [5.41, 5.74) is 2.49. The molecule has 0 aliphatic carbocycles. The van der Waals surface area contributed by atoms with Crippen LogP contribution in [0, 0.1) is 0 Å². The molecule has 0 spiro atoms. The van der Waals surface area contributed by atoms with Crippen LogP contribution >= 0.6 is 24.0 Å². The Morgan fingerprint density at radius 1 is 1.27 bits per heavy atom. The number of hydrogen-bond donors (Lipinski definition) is 1. The number of benzene rings is 1. The number of hydrogen-bond acceptors (Lipinski definition) is 2. The number of guanidine groups is 1. The third kappa shape index (κ3) is 5.90. The second-order valence-electron chi connectivity index (χ2n) is 6.70. The molecule has 26 heavy (non-hydrogen) atoms. The number of nitrogens with one attached hydrogen (secondary N) is 1. The molecule has 1 aromatic carbocycles. The summed E-state index contributed by atoms with van der Waals surface area (Å²) in [5.74, 6) is 2.55. The maximum absolute atomic E-state index is 5.41. The van der Waals surface area contributed by atoms with Gasteiger partial charge in [0.15, 0.2) is 5.96 Å². The minimum atomic E-state index is 0. The van der Waals surface area contributed by atoms with Gasteiger partial charge in [-0.3, -0.25) is 0 Å². The van der Waals surface area contributed by atoms with Crippen LogP contribution in [-0.4, -0.2) is 37.0 Å². The topological polar surface area (TPSA) is 40.8 Å². The molecule has 140 valence electrons. The van der Waals surface area contributed by atoms with Gasteiger partial charge in [-0.15, -0.1) is 24.0 Å². The van der Waals surface area contributed by atoms with E-state index in [0.29, 0.717) is 12.5 Å². The summed E-state index contributed by atoms with van der Waals surface area (Å²) in [6.07, 6.45) is 3.74. The number of aliphatic imine (C=N–C) groups is 1. The largest absolute Gasteiger partial charge is 0.469 e. The van der Waals surface area contributed by atoms with Crippen LogP contribution in [0.2, 0.25) is 0 Å². The van der Waals surface area contributed by atoms with Crippen molar-refractivity contribution >= 4 is 29.9 Å². The molecule has 3 rings (SSSR count). The van der Waals surface area contributed by atoms with Crippen molar-refractivity contribution in [3.63, 3.8) is 0 Å². The SMILES string of the molecule is C=C(C)CN=C(NCCc1ccco1)N1CCC(c2ccccc2)C1.I. The molecule has 1 aromatic heterocycles. The van der Waals surface area contributed by atoms with E-state index >= 15 is 0 Å². The van der Waals surface area contributed by atoms with Crippen molar-refractivity contribution in [3.8, 4) is 0 Å². The highest BCUT2D eigenvalue weighted by atomic mass is 127. The number of rotatable bonds is 6. The van der Waals surface area contributed by atoms with Gasteiger partial charge in [0.25, 0.3) is 0 Å². The summed E-state index contributed by atoms with van der Waals surface area (Å²) < 4.78 is 5.41.